The second-order valence-corrected chi connectivity index (χ2v) is 7.63. The number of aromatic amines is 1. The highest BCUT2D eigenvalue weighted by molar-refractivity contribution is 5.85. The van der Waals surface area contributed by atoms with Gasteiger partial charge in [0.15, 0.2) is 0 Å². The molecule has 0 amide bonds. The average molecular weight is 389 g/mol. The Hall–Kier alpha value is -2.28. The second-order valence-electron chi connectivity index (χ2n) is 7.63. The molecule has 1 aliphatic carbocycles. The van der Waals surface area contributed by atoms with E-state index in [1.54, 1.807) is 7.11 Å². The summed E-state index contributed by atoms with van der Waals surface area (Å²) in [4.78, 5) is 7.75. The summed E-state index contributed by atoms with van der Waals surface area (Å²) < 4.78 is 38.4. The number of hydrogen-bond donors (Lipinski definition) is 1. The van der Waals surface area contributed by atoms with Crippen molar-refractivity contribution in [3.05, 3.63) is 35.5 Å². The zero-order valence-corrected chi connectivity index (χ0v) is 16.4. The number of nitrogens with zero attached hydrogens (tertiary/aromatic N) is 2. The third kappa shape index (κ3) is 3.32. The molecule has 0 aromatic carbocycles. The van der Waals surface area contributed by atoms with Gasteiger partial charge < -0.3 is 14.2 Å². The molecular formula is C21H25F2N3O2. The number of halogens is 2. The van der Waals surface area contributed by atoms with Crippen LogP contribution in [0, 0.1) is 12.8 Å². The molecule has 1 saturated carbocycles. The lowest BCUT2D eigenvalue weighted by Crippen LogP contribution is -2.28. The predicted octanol–water partition coefficient (Wildman–Crippen LogP) is 5.60. The van der Waals surface area contributed by atoms with Crippen molar-refractivity contribution in [2.45, 2.75) is 58.0 Å². The van der Waals surface area contributed by atoms with Gasteiger partial charge >= 0.3 is 0 Å². The average Bonchev–Trinajstić information content (AvgIpc) is 3.26. The Balaban J connectivity index is 1.72. The van der Waals surface area contributed by atoms with Crippen molar-refractivity contribution in [2.75, 3.05) is 7.11 Å². The van der Waals surface area contributed by atoms with Crippen LogP contribution < -0.4 is 0 Å². The lowest BCUT2D eigenvalue weighted by atomic mass is 9.81. The summed E-state index contributed by atoms with van der Waals surface area (Å²) in [6, 6.07) is 2.07. The van der Waals surface area contributed by atoms with Crippen LogP contribution >= 0.6 is 0 Å². The van der Waals surface area contributed by atoms with Crippen molar-refractivity contribution < 1.29 is 18.0 Å². The van der Waals surface area contributed by atoms with E-state index in [9.17, 15) is 8.78 Å². The van der Waals surface area contributed by atoms with Gasteiger partial charge in [0.05, 0.1) is 11.8 Å². The maximum atomic E-state index is 13.6. The molecule has 1 N–H and O–H groups in total. The van der Waals surface area contributed by atoms with Crippen LogP contribution in [0.3, 0.4) is 0 Å². The van der Waals surface area contributed by atoms with Crippen LogP contribution in [0.15, 0.2) is 23.0 Å². The number of fused-ring (bicyclic) bond motifs is 1. The van der Waals surface area contributed by atoms with Gasteiger partial charge in [-0.05, 0) is 31.7 Å². The molecule has 0 saturated heterocycles. The molecule has 1 fully saturated rings. The van der Waals surface area contributed by atoms with E-state index in [1.807, 2.05) is 26.2 Å². The molecule has 0 spiro atoms. The van der Waals surface area contributed by atoms with E-state index in [0.717, 1.165) is 45.6 Å². The summed E-state index contributed by atoms with van der Waals surface area (Å²) in [6.07, 6.45) is 4.95. The summed E-state index contributed by atoms with van der Waals surface area (Å²) in [5.74, 6) is -1.66. The molecule has 1 aliphatic rings. The normalized spacial score (nSPS) is 18.6. The number of rotatable bonds is 5. The van der Waals surface area contributed by atoms with Crippen LogP contribution in [0.2, 0.25) is 0 Å². The molecule has 0 bridgehead atoms. The first-order chi connectivity index (χ1) is 13.4. The molecule has 5 nitrogen and oxygen atoms in total. The molecule has 7 heteroatoms. The number of H-pyrrole nitrogens is 1. The number of aromatic nitrogens is 3. The fourth-order valence-corrected chi connectivity index (χ4v) is 4.36. The van der Waals surface area contributed by atoms with Crippen molar-refractivity contribution in [3.8, 4) is 11.1 Å². The number of alkyl halides is 2. The van der Waals surface area contributed by atoms with E-state index >= 15 is 0 Å². The number of ether oxygens (including phenoxy) is 1. The lowest BCUT2D eigenvalue weighted by molar-refractivity contribution is -0.0687. The largest absolute Gasteiger partial charge is 0.376 e. The topological polar surface area (TPSA) is 63.9 Å². The molecule has 28 heavy (non-hydrogen) atoms. The minimum absolute atomic E-state index is 0.0656. The summed E-state index contributed by atoms with van der Waals surface area (Å²) >= 11 is 0. The Bertz CT molecular complexity index is 969. The maximum absolute atomic E-state index is 13.6. The zero-order valence-electron chi connectivity index (χ0n) is 16.4. The number of hydrogen-bond acceptors (Lipinski definition) is 4. The van der Waals surface area contributed by atoms with Gasteiger partial charge in [0.1, 0.15) is 11.4 Å². The van der Waals surface area contributed by atoms with Crippen LogP contribution in [0.1, 0.15) is 55.7 Å². The highest BCUT2D eigenvalue weighted by Gasteiger charge is 2.38. The zero-order chi connectivity index (χ0) is 19.9. The van der Waals surface area contributed by atoms with E-state index in [4.69, 9.17) is 9.26 Å². The number of pyridine rings is 1. The van der Waals surface area contributed by atoms with E-state index in [0.29, 0.717) is 12.8 Å². The number of nitrogens with one attached hydrogen (secondary N) is 1. The monoisotopic (exact) mass is 389 g/mol. The van der Waals surface area contributed by atoms with Crippen molar-refractivity contribution in [2.24, 2.45) is 5.92 Å². The van der Waals surface area contributed by atoms with E-state index in [2.05, 4.69) is 21.2 Å². The Morgan fingerprint density at radius 2 is 2.11 bits per heavy atom. The van der Waals surface area contributed by atoms with Crippen LogP contribution in [-0.2, 0) is 11.2 Å². The van der Waals surface area contributed by atoms with Crippen molar-refractivity contribution in [3.63, 3.8) is 0 Å². The fourth-order valence-electron chi connectivity index (χ4n) is 4.36. The highest BCUT2D eigenvalue weighted by Crippen LogP contribution is 2.44. The van der Waals surface area contributed by atoms with Crippen LogP contribution in [0.25, 0.3) is 22.2 Å². The first kappa shape index (κ1) is 19.1. The molecule has 1 atom stereocenters. The molecule has 4 rings (SSSR count). The van der Waals surface area contributed by atoms with Crippen molar-refractivity contribution in [1.29, 1.82) is 0 Å². The Kier molecular flexibility index (Phi) is 4.95. The lowest BCUT2D eigenvalue weighted by Gasteiger charge is -2.33. The molecule has 3 aromatic rings. The van der Waals surface area contributed by atoms with Gasteiger partial charge in [0, 0.05) is 60.8 Å². The van der Waals surface area contributed by atoms with Crippen molar-refractivity contribution in [1.82, 2.24) is 15.1 Å². The summed E-state index contributed by atoms with van der Waals surface area (Å²) in [5, 5.41) is 5.03. The Morgan fingerprint density at radius 1 is 1.36 bits per heavy atom. The van der Waals surface area contributed by atoms with Crippen LogP contribution in [0.4, 0.5) is 8.78 Å². The van der Waals surface area contributed by atoms with Crippen LogP contribution in [0.5, 0.6) is 0 Å². The standard InChI is InChI=1S/C21H25F2N3O2/c1-4-17-18(12(2)26-28-17)14-9-15-16(11-25-20(15)24-10-14)19(27-3)13-5-7-21(22,23)8-6-13/h9-11,13,19H,4-8H2,1-3H3,(H,24,25). The highest BCUT2D eigenvalue weighted by atomic mass is 19.3. The molecule has 3 aromatic heterocycles. The van der Waals surface area contributed by atoms with Crippen molar-refractivity contribution >= 4 is 11.0 Å². The molecular weight excluding hydrogens is 364 g/mol. The van der Waals surface area contributed by atoms with Gasteiger partial charge in [-0.15, -0.1) is 0 Å². The van der Waals surface area contributed by atoms with Gasteiger partial charge in [0.2, 0.25) is 5.92 Å². The molecule has 0 radical (unpaired) electrons. The first-order valence-electron chi connectivity index (χ1n) is 9.76. The quantitative estimate of drug-likeness (QED) is 0.617. The molecule has 150 valence electrons. The fraction of sp³-hybridized carbons (Fsp3) is 0.524. The second kappa shape index (κ2) is 7.28. The maximum Gasteiger partial charge on any atom is 0.248 e. The molecule has 0 aliphatic heterocycles. The third-order valence-electron chi connectivity index (χ3n) is 5.86. The summed E-state index contributed by atoms with van der Waals surface area (Å²) in [6.45, 7) is 3.94. The van der Waals surface area contributed by atoms with Gasteiger partial charge in [-0.3, -0.25) is 0 Å². The molecule has 3 heterocycles. The van der Waals surface area contributed by atoms with Gasteiger partial charge in [0.25, 0.3) is 0 Å². The minimum Gasteiger partial charge on any atom is -0.376 e. The molecule has 1 unspecified atom stereocenters. The van der Waals surface area contributed by atoms with Gasteiger partial charge in [-0.1, -0.05) is 12.1 Å². The first-order valence-corrected chi connectivity index (χ1v) is 9.76. The van der Waals surface area contributed by atoms with E-state index < -0.39 is 5.92 Å². The minimum atomic E-state index is -2.55. The SMILES string of the molecule is CCc1onc(C)c1-c1cnc2[nH]cc(C(OC)C3CCC(F)(F)CC3)c2c1. The van der Waals surface area contributed by atoms with E-state index in [-0.39, 0.29) is 24.9 Å². The number of aryl methyl sites for hydroxylation is 2. The smallest absolute Gasteiger partial charge is 0.248 e. The summed E-state index contributed by atoms with van der Waals surface area (Å²) in [5.41, 5.74) is 4.46. The Labute approximate surface area is 162 Å². The van der Waals surface area contributed by atoms with Gasteiger partial charge in [-0.25, -0.2) is 13.8 Å². The van der Waals surface area contributed by atoms with Crippen LogP contribution in [-0.4, -0.2) is 28.2 Å². The predicted molar refractivity (Wildman–Crippen MR) is 102 cm³/mol. The summed E-state index contributed by atoms with van der Waals surface area (Å²) in [7, 11) is 1.65. The third-order valence-corrected chi connectivity index (χ3v) is 5.86. The number of methoxy groups -OCH3 is 1. The Morgan fingerprint density at radius 3 is 2.79 bits per heavy atom. The van der Waals surface area contributed by atoms with Gasteiger partial charge in [-0.2, -0.15) is 0 Å². The van der Waals surface area contributed by atoms with E-state index in [1.165, 1.54) is 0 Å².